The highest BCUT2D eigenvalue weighted by molar-refractivity contribution is 5.67. The predicted molar refractivity (Wildman–Crippen MR) is 58.7 cm³/mol. The second-order valence-electron chi connectivity index (χ2n) is 3.53. The maximum Gasteiger partial charge on any atom is 0.223 e. The molecule has 0 saturated heterocycles. The molecule has 1 aromatic heterocycles. The first kappa shape index (κ1) is 10.5. The number of nitrogen functional groups attached to an aromatic ring is 1. The van der Waals surface area contributed by atoms with Crippen LogP contribution in [0.15, 0.2) is 30.5 Å². The normalized spacial score (nSPS) is 10.4. The summed E-state index contributed by atoms with van der Waals surface area (Å²) in [7, 11) is 0. The number of benzene rings is 1. The Hall–Kier alpha value is -1.97. The van der Waals surface area contributed by atoms with E-state index in [0.717, 1.165) is 17.8 Å². The first-order valence-electron chi connectivity index (χ1n) is 4.76. The Balaban J connectivity index is 2.63. The van der Waals surface area contributed by atoms with E-state index in [2.05, 4.69) is 4.98 Å². The number of nitrogens with zero attached hydrogens (tertiary/aromatic N) is 1. The van der Waals surface area contributed by atoms with Gasteiger partial charge in [-0.05, 0) is 36.2 Å². The van der Waals surface area contributed by atoms with E-state index in [1.807, 2.05) is 0 Å². The average molecular weight is 220 g/mol. The van der Waals surface area contributed by atoms with Crippen LogP contribution in [0.3, 0.4) is 0 Å². The highest BCUT2D eigenvalue weighted by Gasteiger charge is 2.12. The van der Waals surface area contributed by atoms with Gasteiger partial charge in [-0.3, -0.25) is 0 Å². The molecule has 2 aromatic rings. The molecule has 0 bridgehead atoms. The van der Waals surface area contributed by atoms with Crippen molar-refractivity contribution in [2.24, 2.45) is 0 Å². The van der Waals surface area contributed by atoms with Gasteiger partial charge in [0, 0.05) is 11.9 Å². The van der Waals surface area contributed by atoms with Gasteiger partial charge in [0.25, 0.3) is 0 Å². The molecule has 82 valence electrons. The lowest BCUT2D eigenvalue weighted by Gasteiger charge is -2.06. The molecule has 0 saturated carbocycles. The van der Waals surface area contributed by atoms with Crippen LogP contribution in [0.1, 0.15) is 5.56 Å². The summed E-state index contributed by atoms with van der Waals surface area (Å²) in [6.45, 7) is 1.78. The molecule has 0 aliphatic rings. The van der Waals surface area contributed by atoms with Crippen LogP contribution < -0.4 is 5.73 Å². The second kappa shape index (κ2) is 3.89. The molecule has 16 heavy (non-hydrogen) atoms. The van der Waals surface area contributed by atoms with Crippen LogP contribution in [0.4, 0.5) is 14.5 Å². The van der Waals surface area contributed by atoms with Crippen molar-refractivity contribution < 1.29 is 8.78 Å². The summed E-state index contributed by atoms with van der Waals surface area (Å²) in [6.07, 6.45) is 1.10. The van der Waals surface area contributed by atoms with Gasteiger partial charge in [-0.1, -0.05) is 6.07 Å². The maximum absolute atomic E-state index is 13.5. The van der Waals surface area contributed by atoms with E-state index in [0.29, 0.717) is 11.3 Å². The zero-order valence-corrected chi connectivity index (χ0v) is 8.67. The number of halogens is 2. The summed E-state index contributed by atoms with van der Waals surface area (Å²) < 4.78 is 26.8. The second-order valence-corrected chi connectivity index (χ2v) is 3.53. The first-order valence-corrected chi connectivity index (χ1v) is 4.76. The van der Waals surface area contributed by atoms with Gasteiger partial charge in [0.2, 0.25) is 5.95 Å². The number of rotatable bonds is 1. The molecule has 0 atom stereocenters. The number of hydrogen-bond donors (Lipinski definition) is 1. The minimum absolute atomic E-state index is 0.120. The Morgan fingerprint density at radius 2 is 1.94 bits per heavy atom. The van der Waals surface area contributed by atoms with Crippen molar-refractivity contribution in [2.45, 2.75) is 6.92 Å². The van der Waals surface area contributed by atoms with Crippen LogP contribution in [0.2, 0.25) is 0 Å². The van der Waals surface area contributed by atoms with Crippen molar-refractivity contribution >= 4 is 5.69 Å². The zero-order chi connectivity index (χ0) is 11.7. The van der Waals surface area contributed by atoms with Crippen molar-refractivity contribution in [3.05, 3.63) is 47.8 Å². The molecule has 0 amide bonds. The number of pyridine rings is 1. The van der Waals surface area contributed by atoms with Crippen molar-refractivity contribution in [3.63, 3.8) is 0 Å². The molecule has 0 spiro atoms. The number of aromatic nitrogens is 1. The molecule has 0 aliphatic carbocycles. The number of aryl methyl sites for hydroxylation is 1. The molecule has 0 fully saturated rings. The summed E-state index contributed by atoms with van der Waals surface area (Å²) >= 11 is 0. The summed E-state index contributed by atoms with van der Waals surface area (Å²) in [5, 5.41) is 0. The standard InChI is InChI=1S/C12H10F2N2/c1-7-6-8(2-3-10(7)15)11-9(13)4-5-16-12(11)14/h2-6H,15H2,1H3. The van der Waals surface area contributed by atoms with Crippen molar-refractivity contribution in [2.75, 3.05) is 5.73 Å². The molecule has 0 aliphatic heterocycles. The summed E-state index contributed by atoms with van der Waals surface area (Å²) in [5.74, 6) is -1.44. The number of anilines is 1. The van der Waals surface area contributed by atoms with Gasteiger partial charge in [-0.15, -0.1) is 0 Å². The minimum Gasteiger partial charge on any atom is -0.399 e. The SMILES string of the molecule is Cc1cc(-c2c(F)ccnc2F)ccc1N. The summed E-state index contributed by atoms with van der Waals surface area (Å²) in [6, 6.07) is 5.96. The maximum atomic E-state index is 13.5. The van der Waals surface area contributed by atoms with Crippen LogP contribution in [0.5, 0.6) is 0 Å². The third-order valence-corrected chi connectivity index (χ3v) is 2.41. The van der Waals surface area contributed by atoms with Crippen molar-refractivity contribution in [1.29, 1.82) is 0 Å². The molecule has 2 rings (SSSR count). The monoisotopic (exact) mass is 220 g/mol. The lowest BCUT2D eigenvalue weighted by molar-refractivity contribution is 0.558. The topological polar surface area (TPSA) is 38.9 Å². The lowest BCUT2D eigenvalue weighted by atomic mass is 10.0. The molecular formula is C12H10F2N2. The number of hydrogen-bond acceptors (Lipinski definition) is 2. The van der Waals surface area contributed by atoms with Gasteiger partial charge in [0.05, 0.1) is 5.56 Å². The van der Waals surface area contributed by atoms with E-state index < -0.39 is 11.8 Å². The Morgan fingerprint density at radius 1 is 1.19 bits per heavy atom. The molecular weight excluding hydrogens is 210 g/mol. The smallest absolute Gasteiger partial charge is 0.223 e. The zero-order valence-electron chi connectivity index (χ0n) is 8.67. The van der Waals surface area contributed by atoms with E-state index in [9.17, 15) is 8.78 Å². The van der Waals surface area contributed by atoms with Crippen LogP contribution in [0.25, 0.3) is 11.1 Å². The Bertz CT molecular complexity index is 518. The quantitative estimate of drug-likeness (QED) is 0.592. The van der Waals surface area contributed by atoms with Gasteiger partial charge >= 0.3 is 0 Å². The third-order valence-electron chi connectivity index (χ3n) is 2.41. The molecule has 2 nitrogen and oxygen atoms in total. The van der Waals surface area contributed by atoms with Crippen LogP contribution >= 0.6 is 0 Å². The van der Waals surface area contributed by atoms with Gasteiger partial charge < -0.3 is 5.73 Å². The fourth-order valence-electron chi connectivity index (χ4n) is 1.50. The van der Waals surface area contributed by atoms with Gasteiger partial charge in [-0.2, -0.15) is 4.39 Å². The summed E-state index contributed by atoms with van der Waals surface area (Å²) in [4.78, 5) is 3.43. The highest BCUT2D eigenvalue weighted by Crippen LogP contribution is 2.27. The van der Waals surface area contributed by atoms with E-state index in [1.165, 1.54) is 0 Å². The van der Waals surface area contributed by atoms with E-state index >= 15 is 0 Å². The van der Waals surface area contributed by atoms with Crippen LogP contribution in [-0.4, -0.2) is 4.98 Å². The molecule has 1 heterocycles. The largest absolute Gasteiger partial charge is 0.399 e. The lowest BCUT2D eigenvalue weighted by Crippen LogP contribution is -1.95. The van der Waals surface area contributed by atoms with Crippen molar-refractivity contribution in [3.8, 4) is 11.1 Å². The van der Waals surface area contributed by atoms with E-state index in [4.69, 9.17) is 5.73 Å². The molecule has 0 radical (unpaired) electrons. The molecule has 2 N–H and O–H groups in total. The van der Waals surface area contributed by atoms with Crippen LogP contribution in [0, 0.1) is 18.7 Å². The molecule has 0 unspecified atom stereocenters. The predicted octanol–water partition coefficient (Wildman–Crippen LogP) is 2.92. The fourth-order valence-corrected chi connectivity index (χ4v) is 1.50. The Morgan fingerprint density at radius 3 is 2.56 bits per heavy atom. The average Bonchev–Trinajstić information content (AvgIpc) is 2.23. The summed E-state index contributed by atoms with van der Waals surface area (Å²) in [5.41, 5.74) is 7.33. The Labute approximate surface area is 91.7 Å². The highest BCUT2D eigenvalue weighted by atomic mass is 19.1. The van der Waals surface area contributed by atoms with Gasteiger partial charge in [0.15, 0.2) is 0 Å². The molecule has 1 aromatic carbocycles. The number of nitrogens with two attached hydrogens (primary N) is 1. The van der Waals surface area contributed by atoms with E-state index in [1.54, 1.807) is 25.1 Å². The van der Waals surface area contributed by atoms with Crippen LogP contribution in [-0.2, 0) is 0 Å². The van der Waals surface area contributed by atoms with Gasteiger partial charge in [0.1, 0.15) is 5.82 Å². The van der Waals surface area contributed by atoms with E-state index in [-0.39, 0.29) is 5.56 Å². The third kappa shape index (κ3) is 1.74. The fraction of sp³-hybridized carbons (Fsp3) is 0.0833. The minimum atomic E-state index is -0.816. The first-order chi connectivity index (χ1) is 7.59. The Kier molecular flexibility index (Phi) is 2.56. The molecule has 4 heteroatoms. The van der Waals surface area contributed by atoms with Gasteiger partial charge in [-0.25, -0.2) is 9.37 Å². The van der Waals surface area contributed by atoms with Crippen molar-refractivity contribution in [1.82, 2.24) is 4.98 Å².